The van der Waals surface area contributed by atoms with E-state index in [1.165, 1.54) is 6.07 Å². The third kappa shape index (κ3) is 2.40. The van der Waals surface area contributed by atoms with Gasteiger partial charge in [0.1, 0.15) is 0 Å². The van der Waals surface area contributed by atoms with E-state index in [1.807, 2.05) is 18.2 Å². The largest absolute Gasteiger partial charge is 1.00 e. The summed E-state index contributed by atoms with van der Waals surface area (Å²) in [7, 11) is 0. The van der Waals surface area contributed by atoms with Crippen LogP contribution in [0.3, 0.4) is 0 Å². The normalized spacial score (nSPS) is 9.43. The molecule has 64 valence electrons. The van der Waals surface area contributed by atoms with Crippen molar-refractivity contribution in [2.45, 2.75) is 0 Å². The van der Waals surface area contributed by atoms with Crippen molar-refractivity contribution in [3.05, 3.63) is 42.1 Å². The van der Waals surface area contributed by atoms with Crippen LogP contribution in [0.2, 0.25) is 0 Å². The van der Waals surface area contributed by atoms with Gasteiger partial charge in [0.15, 0.2) is 0 Å². The molecule has 3 nitrogen and oxygen atoms in total. The predicted molar refractivity (Wildman–Crippen MR) is 46.1 cm³/mol. The first-order valence-electron chi connectivity index (χ1n) is 3.84. The number of hydrogen-bond donors (Lipinski definition) is 0. The summed E-state index contributed by atoms with van der Waals surface area (Å²) in [6, 6.07) is 10.5. The maximum atomic E-state index is 10.5. The van der Waals surface area contributed by atoms with E-state index in [0.29, 0.717) is 5.52 Å². The van der Waals surface area contributed by atoms with E-state index in [1.54, 1.807) is 12.1 Å². The fraction of sp³-hybridized carbons (Fsp3) is 0. The van der Waals surface area contributed by atoms with E-state index in [2.05, 4.69) is 4.98 Å². The molecule has 0 aliphatic rings. The summed E-state index contributed by atoms with van der Waals surface area (Å²) >= 11 is 0. The molecule has 2 aromatic rings. The SMILES string of the molecule is O=C([O-])c1ccc2ccccc2n1.[K+]. The molecule has 4 heteroatoms. The zero-order chi connectivity index (χ0) is 9.26. The molecule has 0 spiro atoms. The van der Waals surface area contributed by atoms with Crippen LogP contribution in [0.5, 0.6) is 0 Å². The summed E-state index contributed by atoms with van der Waals surface area (Å²) in [5, 5.41) is 11.4. The molecular formula is C10H6KNO2. The second-order valence-electron chi connectivity index (χ2n) is 2.68. The number of carboxylic acid groups (broad SMARTS) is 1. The number of pyridine rings is 1. The average molecular weight is 211 g/mol. The van der Waals surface area contributed by atoms with Gasteiger partial charge < -0.3 is 9.90 Å². The maximum Gasteiger partial charge on any atom is 1.00 e. The third-order valence-electron chi connectivity index (χ3n) is 1.81. The standard InChI is InChI=1S/C10H7NO2.K/c12-10(13)9-6-5-7-3-1-2-4-8(7)11-9;/h1-6H,(H,12,13);/q;+1/p-1. The average Bonchev–Trinajstić information content (AvgIpc) is 2.17. The summed E-state index contributed by atoms with van der Waals surface area (Å²) in [4.78, 5) is 14.4. The van der Waals surface area contributed by atoms with Gasteiger partial charge in [0.25, 0.3) is 0 Å². The van der Waals surface area contributed by atoms with Gasteiger partial charge in [-0.15, -0.1) is 0 Å². The minimum atomic E-state index is -1.24. The molecule has 0 amide bonds. The number of nitrogens with zero attached hydrogens (tertiary/aromatic N) is 1. The first kappa shape index (κ1) is 11.8. The quantitative estimate of drug-likeness (QED) is 0.494. The van der Waals surface area contributed by atoms with Crippen LogP contribution >= 0.6 is 0 Å². The molecule has 0 saturated carbocycles. The molecule has 0 radical (unpaired) electrons. The number of aromatic nitrogens is 1. The second-order valence-corrected chi connectivity index (χ2v) is 2.68. The zero-order valence-corrected chi connectivity index (χ0v) is 10.9. The van der Waals surface area contributed by atoms with Crippen LogP contribution in [-0.4, -0.2) is 11.0 Å². The van der Waals surface area contributed by atoms with E-state index in [-0.39, 0.29) is 57.1 Å². The Balaban J connectivity index is 0.000000980. The molecule has 0 N–H and O–H groups in total. The Hall–Kier alpha value is -0.264. The van der Waals surface area contributed by atoms with Crippen molar-refractivity contribution < 1.29 is 61.3 Å². The monoisotopic (exact) mass is 211 g/mol. The third-order valence-corrected chi connectivity index (χ3v) is 1.81. The van der Waals surface area contributed by atoms with Crippen molar-refractivity contribution in [2.75, 3.05) is 0 Å². The Bertz CT molecular complexity index is 470. The van der Waals surface area contributed by atoms with Crippen molar-refractivity contribution in [2.24, 2.45) is 0 Å². The molecule has 0 saturated heterocycles. The van der Waals surface area contributed by atoms with Gasteiger partial charge in [-0.2, -0.15) is 0 Å². The van der Waals surface area contributed by atoms with E-state index < -0.39 is 5.97 Å². The van der Waals surface area contributed by atoms with Crippen LogP contribution in [0.25, 0.3) is 10.9 Å². The van der Waals surface area contributed by atoms with Crippen LogP contribution in [0.4, 0.5) is 0 Å². The van der Waals surface area contributed by atoms with E-state index in [0.717, 1.165) is 5.39 Å². The predicted octanol–water partition coefficient (Wildman–Crippen LogP) is -2.40. The minimum Gasteiger partial charge on any atom is -0.543 e. The summed E-state index contributed by atoms with van der Waals surface area (Å²) in [5.41, 5.74) is 0.642. The number of rotatable bonds is 1. The second kappa shape index (κ2) is 5.00. The number of hydrogen-bond acceptors (Lipinski definition) is 3. The summed E-state index contributed by atoms with van der Waals surface area (Å²) in [6.07, 6.45) is 0. The van der Waals surface area contributed by atoms with Crippen molar-refractivity contribution in [3.63, 3.8) is 0 Å². The van der Waals surface area contributed by atoms with E-state index in [4.69, 9.17) is 0 Å². The molecule has 0 unspecified atom stereocenters. The molecule has 1 aromatic carbocycles. The number of para-hydroxylation sites is 1. The first-order valence-corrected chi connectivity index (χ1v) is 3.84. The van der Waals surface area contributed by atoms with Gasteiger partial charge in [0.2, 0.25) is 0 Å². The molecule has 14 heavy (non-hydrogen) atoms. The molecule has 0 aliphatic carbocycles. The fourth-order valence-corrected chi connectivity index (χ4v) is 1.18. The van der Waals surface area contributed by atoms with Crippen molar-refractivity contribution >= 4 is 16.9 Å². The van der Waals surface area contributed by atoms with Crippen LogP contribution in [0.15, 0.2) is 36.4 Å². The Kier molecular flexibility index (Phi) is 4.22. The van der Waals surface area contributed by atoms with Crippen molar-refractivity contribution in [3.8, 4) is 0 Å². The number of benzene rings is 1. The molecule has 0 aliphatic heterocycles. The molecule has 0 fully saturated rings. The van der Waals surface area contributed by atoms with Gasteiger partial charge in [-0.25, -0.2) is 4.98 Å². The van der Waals surface area contributed by atoms with Crippen LogP contribution in [-0.2, 0) is 0 Å². The number of aromatic carboxylic acids is 1. The van der Waals surface area contributed by atoms with Gasteiger partial charge in [-0.1, -0.05) is 24.3 Å². The zero-order valence-electron chi connectivity index (χ0n) is 7.73. The van der Waals surface area contributed by atoms with Crippen LogP contribution < -0.4 is 56.5 Å². The molecule has 0 atom stereocenters. The Morgan fingerprint density at radius 1 is 1.14 bits per heavy atom. The number of fused-ring (bicyclic) bond motifs is 1. The van der Waals surface area contributed by atoms with Crippen molar-refractivity contribution in [1.82, 2.24) is 4.98 Å². The van der Waals surface area contributed by atoms with Crippen molar-refractivity contribution in [1.29, 1.82) is 0 Å². The van der Waals surface area contributed by atoms with Gasteiger partial charge in [0.05, 0.1) is 17.2 Å². The molecule has 0 bridgehead atoms. The number of carbonyl (C=O) groups is 1. The Labute approximate surface area is 124 Å². The summed E-state index contributed by atoms with van der Waals surface area (Å²) in [6.45, 7) is 0. The van der Waals surface area contributed by atoms with E-state index >= 15 is 0 Å². The minimum absolute atomic E-state index is 0. The van der Waals surface area contributed by atoms with Gasteiger partial charge >= 0.3 is 51.4 Å². The number of carboxylic acids is 1. The fourth-order valence-electron chi connectivity index (χ4n) is 1.18. The van der Waals surface area contributed by atoms with Crippen LogP contribution in [0, 0.1) is 0 Å². The summed E-state index contributed by atoms with van der Waals surface area (Å²) in [5.74, 6) is -1.24. The molecule has 2 rings (SSSR count). The Morgan fingerprint density at radius 3 is 2.57 bits per heavy atom. The van der Waals surface area contributed by atoms with E-state index in [9.17, 15) is 9.90 Å². The van der Waals surface area contributed by atoms with Gasteiger partial charge in [-0.05, 0) is 12.1 Å². The number of carbonyl (C=O) groups excluding carboxylic acids is 1. The smallest absolute Gasteiger partial charge is 0.543 e. The first-order chi connectivity index (χ1) is 6.27. The van der Waals surface area contributed by atoms with Gasteiger partial charge in [0, 0.05) is 5.39 Å². The molecule has 1 heterocycles. The maximum absolute atomic E-state index is 10.5. The molecular weight excluding hydrogens is 205 g/mol. The topological polar surface area (TPSA) is 53.0 Å². The van der Waals surface area contributed by atoms with Crippen LogP contribution in [0.1, 0.15) is 10.5 Å². The molecule has 1 aromatic heterocycles. The Morgan fingerprint density at radius 2 is 1.86 bits per heavy atom. The van der Waals surface area contributed by atoms with Gasteiger partial charge in [-0.3, -0.25) is 0 Å². The summed E-state index contributed by atoms with van der Waals surface area (Å²) < 4.78 is 0.